The Morgan fingerprint density at radius 2 is 1.96 bits per heavy atom. The SMILES string of the molecule is C=C1NN(c2nc(-c3ccccc3)cs2)C(=O)/C1=N\Nc1ccc(C)cc1C. The Bertz CT molecular complexity index is 1090. The van der Waals surface area contributed by atoms with Crippen LogP contribution in [0.1, 0.15) is 11.1 Å². The summed E-state index contributed by atoms with van der Waals surface area (Å²) in [4.78, 5) is 17.4. The lowest BCUT2D eigenvalue weighted by molar-refractivity contribution is -0.112. The molecule has 0 radical (unpaired) electrons. The second-order valence-electron chi connectivity index (χ2n) is 6.50. The third-order valence-electron chi connectivity index (χ3n) is 4.36. The summed E-state index contributed by atoms with van der Waals surface area (Å²) in [5.41, 5.74) is 11.5. The molecule has 1 fully saturated rings. The molecule has 0 bridgehead atoms. The summed E-state index contributed by atoms with van der Waals surface area (Å²) < 4.78 is 0. The van der Waals surface area contributed by atoms with Gasteiger partial charge >= 0.3 is 5.91 Å². The van der Waals surface area contributed by atoms with Gasteiger partial charge in [-0.05, 0) is 25.5 Å². The van der Waals surface area contributed by atoms with Gasteiger partial charge in [0.1, 0.15) is 0 Å². The van der Waals surface area contributed by atoms with E-state index in [0.717, 1.165) is 22.5 Å². The van der Waals surface area contributed by atoms with Gasteiger partial charge in [0.15, 0.2) is 5.71 Å². The Balaban J connectivity index is 1.55. The number of rotatable bonds is 4. The average molecular weight is 389 g/mol. The molecule has 28 heavy (non-hydrogen) atoms. The topological polar surface area (TPSA) is 69.6 Å². The van der Waals surface area contributed by atoms with Crippen molar-refractivity contribution in [1.29, 1.82) is 0 Å². The first-order valence-electron chi connectivity index (χ1n) is 8.75. The van der Waals surface area contributed by atoms with Gasteiger partial charge in [0.05, 0.1) is 17.1 Å². The third kappa shape index (κ3) is 3.39. The molecular formula is C21H19N5OS. The summed E-state index contributed by atoms with van der Waals surface area (Å²) in [5, 5.41) is 8.12. The van der Waals surface area contributed by atoms with E-state index >= 15 is 0 Å². The fraction of sp³-hybridized carbons (Fsp3) is 0.0952. The monoisotopic (exact) mass is 389 g/mol. The summed E-state index contributed by atoms with van der Waals surface area (Å²) in [6, 6.07) is 15.8. The number of hydrogen-bond acceptors (Lipinski definition) is 6. The van der Waals surface area contributed by atoms with Crippen molar-refractivity contribution in [2.24, 2.45) is 5.10 Å². The molecule has 1 saturated heterocycles. The maximum absolute atomic E-state index is 12.8. The van der Waals surface area contributed by atoms with Gasteiger partial charge in [-0.15, -0.1) is 11.3 Å². The van der Waals surface area contributed by atoms with Crippen molar-refractivity contribution in [2.75, 3.05) is 10.4 Å². The molecule has 2 aromatic carbocycles. The number of hydrazine groups is 1. The van der Waals surface area contributed by atoms with Crippen LogP contribution in [0.3, 0.4) is 0 Å². The molecule has 3 aromatic rings. The van der Waals surface area contributed by atoms with Crippen LogP contribution in [0.2, 0.25) is 0 Å². The van der Waals surface area contributed by atoms with Crippen LogP contribution in [0.5, 0.6) is 0 Å². The molecule has 0 unspecified atom stereocenters. The highest BCUT2D eigenvalue weighted by molar-refractivity contribution is 7.14. The van der Waals surface area contributed by atoms with E-state index in [0.29, 0.717) is 10.8 Å². The largest absolute Gasteiger partial charge is 0.301 e. The number of hydrogen-bond donors (Lipinski definition) is 2. The fourth-order valence-electron chi connectivity index (χ4n) is 2.89. The Morgan fingerprint density at radius 3 is 2.71 bits per heavy atom. The first-order chi connectivity index (χ1) is 13.5. The van der Waals surface area contributed by atoms with Gasteiger partial charge in [-0.3, -0.25) is 15.6 Å². The van der Waals surface area contributed by atoms with E-state index in [9.17, 15) is 4.79 Å². The molecule has 2 heterocycles. The van der Waals surface area contributed by atoms with E-state index in [1.54, 1.807) is 0 Å². The average Bonchev–Trinajstić information content (AvgIpc) is 3.27. The zero-order chi connectivity index (χ0) is 19.7. The van der Waals surface area contributed by atoms with Crippen molar-refractivity contribution < 1.29 is 4.79 Å². The first-order valence-corrected chi connectivity index (χ1v) is 9.63. The van der Waals surface area contributed by atoms with Crippen LogP contribution in [0, 0.1) is 13.8 Å². The number of thiazole rings is 1. The van der Waals surface area contributed by atoms with Gasteiger partial charge in [-0.25, -0.2) is 4.98 Å². The highest BCUT2D eigenvalue weighted by Crippen LogP contribution is 2.28. The predicted molar refractivity (Wildman–Crippen MR) is 114 cm³/mol. The maximum atomic E-state index is 12.8. The Kier molecular flexibility index (Phi) is 4.67. The van der Waals surface area contributed by atoms with E-state index in [1.165, 1.54) is 21.9 Å². The molecule has 1 amide bonds. The van der Waals surface area contributed by atoms with Crippen molar-refractivity contribution in [2.45, 2.75) is 13.8 Å². The zero-order valence-corrected chi connectivity index (χ0v) is 16.4. The fourth-order valence-corrected chi connectivity index (χ4v) is 3.68. The summed E-state index contributed by atoms with van der Waals surface area (Å²) in [7, 11) is 0. The number of aromatic nitrogens is 1. The van der Waals surface area contributed by atoms with Crippen molar-refractivity contribution in [1.82, 2.24) is 10.4 Å². The van der Waals surface area contributed by atoms with E-state index in [-0.39, 0.29) is 11.6 Å². The van der Waals surface area contributed by atoms with Gasteiger partial charge in [-0.1, -0.05) is 54.6 Å². The lowest BCUT2D eigenvalue weighted by Gasteiger charge is -2.10. The zero-order valence-electron chi connectivity index (χ0n) is 15.6. The van der Waals surface area contributed by atoms with Crippen molar-refractivity contribution in [3.05, 3.63) is 77.3 Å². The summed E-state index contributed by atoms with van der Waals surface area (Å²) in [5.74, 6) is -0.295. The highest BCUT2D eigenvalue weighted by Gasteiger charge is 2.34. The molecule has 0 saturated carbocycles. The molecule has 1 aliphatic heterocycles. The minimum Gasteiger partial charge on any atom is -0.287 e. The molecular weight excluding hydrogens is 370 g/mol. The third-order valence-corrected chi connectivity index (χ3v) is 5.19. The Labute approximate surface area is 167 Å². The predicted octanol–water partition coefficient (Wildman–Crippen LogP) is 4.26. The molecule has 0 aliphatic carbocycles. The summed E-state index contributed by atoms with van der Waals surface area (Å²) >= 11 is 1.38. The normalized spacial score (nSPS) is 15.2. The quantitative estimate of drug-likeness (QED) is 0.654. The van der Waals surface area contributed by atoms with Crippen molar-refractivity contribution >= 4 is 33.8 Å². The summed E-state index contributed by atoms with van der Waals surface area (Å²) in [6.07, 6.45) is 0. The first kappa shape index (κ1) is 17.9. The summed E-state index contributed by atoms with van der Waals surface area (Å²) in [6.45, 7) is 7.93. The Morgan fingerprint density at radius 1 is 1.18 bits per heavy atom. The number of benzene rings is 2. The number of nitrogens with zero attached hydrogens (tertiary/aromatic N) is 3. The van der Waals surface area contributed by atoms with Crippen LogP contribution in [-0.4, -0.2) is 16.6 Å². The van der Waals surface area contributed by atoms with E-state index in [1.807, 2.05) is 61.7 Å². The van der Waals surface area contributed by atoms with Gasteiger partial charge in [0, 0.05) is 10.9 Å². The number of aryl methyl sites for hydroxylation is 2. The van der Waals surface area contributed by atoms with Crippen molar-refractivity contribution in [3.63, 3.8) is 0 Å². The molecule has 1 aliphatic rings. The second kappa shape index (κ2) is 7.28. The molecule has 2 N–H and O–H groups in total. The lowest BCUT2D eigenvalue weighted by Crippen LogP contribution is -2.34. The van der Waals surface area contributed by atoms with Gasteiger partial charge in [0.2, 0.25) is 5.13 Å². The molecule has 0 atom stereocenters. The molecule has 1 aromatic heterocycles. The standard InChI is InChI=1S/C21H19N5OS/c1-13-9-10-17(14(2)11-13)23-24-19-15(3)25-26(20(19)27)21-22-18(12-28-21)16-7-5-4-6-8-16/h4-12,23,25H,3H2,1-2H3/b24-19-. The van der Waals surface area contributed by atoms with Crippen LogP contribution in [0.15, 0.2) is 71.3 Å². The number of carbonyl (C=O) groups excluding carboxylic acids is 1. The molecule has 7 heteroatoms. The Hall–Kier alpha value is -3.45. The van der Waals surface area contributed by atoms with Crippen molar-refractivity contribution in [3.8, 4) is 11.3 Å². The highest BCUT2D eigenvalue weighted by atomic mass is 32.1. The van der Waals surface area contributed by atoms with Crippen LogP contribution in [0.25, 0.3) is 11.3 Å². The number of amides is 1. The maximum Gasteiger partial charge on any atom is 0.301 e. The number of carbonyl (C=O) groups is 1. The smallest absolute Gasteiger partial charge is 0.287 e. The molecule has 4 rings (SSSR count). The van der Waals surface area contributed by atoms with E-state index in [4.69, 9.17) is 0 Å². The van der Waals surface area contributed by atoms with Crippen LogP contribution in [-0.2, 0) is 4.79 Å². The minimum absolute atomic E-state index is 0.233. The second-order valence-corrected chi connectivity index (χ2v) is 7.34. The van der Waals surface area contributed by atoms with E-state index < -0.39 is 0 Å². The van der Waals surface area contributed by atoms with Gasteiger partial charge in [0.25, 0.3) is 0 Å². The molecule has 0 spiro atoms. The number of anilines is 2. The number of hydrazone groups is 1. The minimum atomic E-state index is -0.295. The van der Waals surface area contributed by atoms with Gasteiger partial charge < -0.3 is 0 Å². The van der Waals surface area contributed by atoms with Crippen LogP contribution >= 0.6 is 11.3 Å². The molecule has 140 valence electrons. The van der Waals surface area contributed by atoms with Crippen LogP contribution < -0.4 is 15.9 Å². The van der Waals surface area contributed by atoms with E-state index in [2.05, 4.69) is 33.6 Å². The lowest BCUT2D eigenvalue weighted by atomic mass is 10.1. The van der Waals surface area contributed by atoms with Crippen LogP contribution in [0.4, 0.5) is 10.8 Å². The molecule has 6 nitrogen and oxygen atoms in total. The van der Waals surface area contributed by atoms with Gasteiger partial charge in [-0.2, -0.15) is 10.1 Å². The number of nitrogens with one attached hydrogen (secondary N) is 2.